The lowest BCUT2D eigenvalue weighted by Gasteiger charge is -2.20. The van der Waals surface area contributed by atoms with E-state index in [2.05, 4.69) is 26.2 Å². The number of anilines is 1. The zero-order valence-corrected chi connectivity index (χ0v) is 17.5. The van der Waals surface area contributed by atoms with Gasteiger partial charge in [0.25, 0.3) is 0 Å². The molecule has 13 heteroatoms. The van der Waals surface area contributed by atoms with Gasteiger partial charge in [-0.05, 0) is 12.1 Å². The van der Waals surface area contributed by atoms with E-state index in [4.69, 9.17) is 27.9 Å². The van der Waals surface area contributed by atoms with Crippen molar-refractivity contribution in [3.8, 4) is 17.0 Å². The van der Waals surface area contributed by atoms with E-state index in [1.165, 1.54) is 12.1 Å². The Morgan fingerprint density at radius 3 is 2.36 bits per heavy atom. The molecule has 1 N–H and O–H groups in total. The Bertz CT molecular complexity index is 840. The van der Waals surface area contributed by atoms with Gasteiger partial charge in [0.05, 0.1) is 34.1 Å². The van der Waals surface area contributed by atoms with Crippen LogP contribution in [-0.4, -0.2) is 34.9 Å². The molecular formula is C15H10BrCl2F5N2O2S. The molecule has 28 heavy (non-hydrogen) atoms. The smallest absolute Gasteiger partial charge is 0.453 e. The molecule has 0 bridgehead atoms. The van der Waals surface area contributed by atoms with Crippen LogP contribution in [0.1, 0.15) is 6.42 Å². The maximum absolute atomic E-state index is 12.9. The third kappa shape index (κ3) is 5.68. The highest BCUT2D eigenvalue weighted by Crippen LogP contribution is 2.40. The number of rotatable bonds is 7. The van der Waals surface area contributed by atoms with E-state index in [1.807, 2.05) is 0 Å². The Balaban J connectivity index is 2.12. The summed E-state index contributed by atoms with van der Waals surface area (Å²) in [6, 6.07) is 2.74. The SMILES string of the molecule is O=C(CBr)Nc1nc(-c2cc(Cl)c(OCCC(F)(F)C(F)(F)F)c(Cl)c2)cs1. The van der Waals surface area contributed by atoms with E-state index in [9.17, 15) is 26.7 Å². The number of hydrogen-bond acceptors (Lipinski definition) is 4. The highest BCUT2D eigenvalue weighted by atomic mass is 79.9. The number of alkyl halides is 6. The molecule has 0 saturated carbocycles. The quantitative estimate of drug-likeness (QED) is 0.334. The molecule has 1 aromatic heterocycles. The van der Waals surface area contributed by atoms with Crippen LogP contribution in [0.2, 0.25) is 10.0 Å². The third-order valence-corrected chi connectivity index (χ3v) is 5.07. The molecule has 0 saturated heterocycles. The standard InChI is InChI=1S/C15H10BrCl2F5N2O2S/c16-5-11(26)25-13-24-10(6-28-13)7-3-8(17)12(9(18)4-7)27-2-1-14(19,20)15(21,22)23/h3-4,6H,1-2,5H2,(H,24,25,26). The summed E-state index contributed by atoms with van der Waals surface area (Å²) in [7, 11) is 0. The van der Waals surface area contributed by atoms with E-state index < -0.39 is 25.1 Å². The lowest BCUT2D eigenvalue weighted by atomic mass is 10.1. The lowest BCUT2D eigenvalue weighted by Crippen LogP contribution is -2.37. The molecule has 0 fully saturated rings. The molecular weight excluding hydrogens is 518 g/mol. The molecule has 2 rings (SSSR count). The summed E-state index contributed by atoms with van der Waals surface area (Å²) in [6.45, 7) is -0.940. The van der Waals surface area contributed by atoms with E-state index in [1.54, 1.807) is 5.38 Å². The lowest BCUT2D eigenvalue weighted by molar-refractivity contribution is -0.285. The number of benzene rings is 1. The van der Waals surface area contributed by atoms with Gasteiger partial charge >= 0.3 is 12.1 Å². The second kappa shape index (κ2) is 9.10. The van der Waals surface area contributed by atoms with Crippen molar-refractivity contribution in [3.05, 3.63) is 27.6 Å². The molecule has 2 aromatic rings. The van der Waals surface area contributed by atoms with Gasteiger partial charge in [0.15, 0.2) is 10.9 Å². The predicted octanol–water partition coefficient (Wildman–Crippen LogP) is 6.42. The summed E-state index contributed by atoms with van der Waals surface area (Å²) in [5.41, 5.74) is 0.868. The number of carbonyl (C=O) groups is 1. The third-order valence-electron chi connectivity index (χ3n) is 3.24. The van der Waals surface area contributed by atoms with Crippen molar-refractivity contribution in [2.75, 3.05) is 17.3 Å². The van der Waals surface area contributed by atoms with E-state index in [0.29, 0.717) is 16.4 Å². The number of thiazole rings is 1. The maximum Gasteiger partial charge on any atom is 0.453 e. The van der Waals surface area contributed by atoms with Crippen LogP contribution in [0, 0.1) is 0 Å². The van der Waals surface area contributed by atoms with Crippen LogP contribution in [0.4, 0.5) is 27.1 Å². The number of hydrogen-bond donors (Lipinski definition) is 1. The number of carbonyl (C=O) groups excluding carboxylic acids is 1. The van der Waals surface area contributed by atoms with Gasteiger partial charge in [0.2, 0.25) is 5.91 Å². The van der Waals surface area contributed by atoms with Gasteiger partial charge < -0.3 is 10.1 Å². The highest BCUT2D eigenvalue weighted by molar-refractivity contribution is 9.09. The largest absolute Gasteiger partial charge is 0.490 e. The summed E-state index contributed by atoms with van der Waals surface area (Å²) in [5, 5.41) is 4.42. The Morgan fingerprint density at radius 1 is 1.21 bits per heavy atom. The minimum atomic E-state index is -5.67. The summed E-state index contributed by atoms with van der Waals surface area (Å²) < 4.78 is 67.3. The van der Waals surface area contributed by atoms with E-state index in [-0.39, 0.29) is 27.0 Å². The minimum absolute atomic E-state index is 0.0862. The number of aromatic nitrogens is 1. The van der Waals surface area contributed by atoms with Gasteiger partial charge in [0, 0.05) is 10.9 Å². The van der Waals surface area contributed by atoms with Gasteiger partial charge in [-0.3, -0.25) is 4.79 Å². The molecule has 0 aliphatic heterocycles. The molecule has 0 spiro atoms. The zero-order chi connectivity index (χ0) is 21.1. The van der Waals surface area contributed by atoms with Crippen molar-refractivity contribution >= 4 is 61.5 Å². The minimum Gasteiger partial charge on any atom is -0.490 e. The van der Waals surface area contributed by atoms with Gasteiger partial charge in [-0.2, -0.15) is 22.0 Å². The molecule has 0 aliphatic carbocycles. The molecule has 0 atom stereocenters. The molecule has 1 heterocycles. The fraction of sp³-hybridized carbons (Fsp3) is 0.333. The first-order chi connectivity index (χ1) is 12.9. The number of nitrogens with zero attached hydrogens (tertiary/aromatic N) is 1. The first-order valence-corrected chi connectivity index (χ1v) is 10.1. The molecule has 4 nitrogen and oxygen atoms in total. The van der Waals surface area contributed by atoms with Gasteiger partial charge in [-0.25, -0.2) is 4.98 Å². The van der Waals surface area contributed by atoms with E-state index in [0.717, 1.165) is 11.3 Å². The van der Waals surface area contributed by atoms with Crippen molar-refractivity contribution in [1.29, 1.82) is 0 Å². The number of nitrogens with one attached hydrogen (secondary N) is 1. The molecule has 0 unspecified atom stereocenters. The van der Waals surface area contributed by atoms with Crippen molar-refractivity contribution in [2.24, 2.45) is 0 Å². The summed E-state index contributed by atoms with van der Waals surface area (Å²) in [6.07, 6.45) is -7.24. The molecule has 1 amide bonds. The first kappa shape index (κ1) is 23.1. The predicted molar refractivity (Wildman–Crippen MR) is 101 cm³/mol. The Morgan fingerprint density at radius 2 is 1.82 bits per heavy atom. The van der Waals surface area contributed by atoms with Gasteiger partial charge in [-0.15, -0.1) is 11.3 Å². The van der Waals surface area contributed by atoms with E-state index >= 15 is 0 Å². The normalized spacial score (nSPS) is 12.1. The monoisotopic (exact) mass is 526 g/mol. The number of ether oxygens (including phenoxy) is 1. The maximum atomic E-state index is 12.9. The van der Waals surface area contributed by atoms with Crippen LogP contribution in [0.25, 0.3) is 11.3 Å². The van der Waals surface area contributed by atoms with Crippen molar-refractivity contribution in [2.45, 2.75) is 18.5 Å². The summed E-state index contributed by atoms with van der Waals surface area (Å²) in [5.74, 6) is -5.40. The van der Waals surface area contributed by atoms with Crippen molar-refractivity contribution < 1.29 is 31.5 Å². The Labute approximate surface area is 178 Å². The summed E-state index contributed by atoms with van der Waals surface area (Å²) >= 11 is 16.2. The average molecular weight is 528 g/mol. The van der Waals surface area contributed by atoms with Gasteiger partial charge in [0.1, 0.15) is 0 Å². The second-order valence-corrected chi connectivity index (χ2v) is 7.52. The zero-order valence-electron chi connectivity index (χ0n) is 13.5. The van der Waals surface area contributed by atoms with Crippen LogP contribution in [0.15, 0.2) is 17.5 Å². The second-order valence-electron chi connectivity index (χ2n) is 5.29. The first-order valence-electron chi connectivity index (χ1n) is 7.32. The fourth-order valence-corrected chi connectivity index (χ4v) is 3.36. The fourth-order valence-electron chi connectivity index (χ4n) is 1.89. The van der Waals surface area contributed by atoms with Crippen molar-refractivity contribution in [1.82, 2.24) is 4.98 Å². The average Bonchev–Trinajstić information content (AvgIpc) is 3.04. The van der Waals surface area contributed by atoms with Crippen LogP contribution in [0.5, 0.6) is 5.75 Å². The molecule has 154 valence electrons. The van der Waals surface area contributed by atoms with Crippen LogP contribution in [-0.2, 0) is 4.79 Å². The number of halogens is 8. The Kier molecular flexibility index (Phi) is 7.51. The molecule has 0 radical (unpaired) electrons. The molecule has 0 aliphatic rings. The van der Waals surface area contributed by atoms with Gasteiger partial charge in [-0.1, -0.05) is 39.1 Å². The highest BCUT2D eigenvalue weighted by Gasteiger charge is 2.56. The van der Waals surface area contributed by atoms with Crippen LogP contribution < -0.4 is 10.1 Å². The van der Waals surface area contributed by atoms with Crippen molar-refractivity contribution in [3.63, 3.8) is 0 Å². The topological polar surface area (TPSA) is 51.2 Å². The van der Waals surface area contributed by atoms with Crippen LogP contribution >= 0.6 is 50.5 Å². The Hall–Kier alpha value is -1.17. The summed E-state index contributed by atoms with van der Waals surface area (Å²) in [4.78, 5) is 15.5. The molecule has 1 aromatic carbocycles. The number of amides is 1. The van der Waals surface area contributed by atoms with Crippen LogP contribution in [0.3, 0.4) is 0 Å².